The van der Waals surface area contributed by atoms with Gasteiger partial charge in [-0.3, -0.25) is 20.4 Å². The zero-order valence-corrected chi connectivity index (χ0v) is 39.6. The third kappa shape index (κ3) is 9.72. The van der Waals surface area contributed by atoms with Crippen molar-refractivity contribution in [3.63, 3.8) is 0 Å². The summed E-state index contributed by atoms with van der Waals surface area (Å²) >= 11 is 0. The van der Waals surface area contributed by atoms with Crippen LogP contribution in [0.1, 0.15) is 57.4 Å². The van der Waals surface area contributed by atoms with Crippen LogP contribution < -0.4 is 11.1 Å². The number of nitrogens with one attached hydrogen (secondary N) is 4. The highest BCUT2D eigenvalue weighted by Gasteiger charge is 2.25. The molecule has 358 valence electrons. The fourth-order valence-corrected chi connectivity index (χ4v) is 8.61. The van der Waals surface area contributed by atoms with E-state index in [1.165, 1.54) is 24.3 Å². The summed E-state index contributed by atoms with van der Waals surface area (Å²) in [5, 5.41) is 17.1. The van der Waals surface area contributed by atoms with E-state index in [-0.39, 0.29) is 17.9 Å². The summed E-state index contributed by atoms with van der Waals surface area (Å²) in [5.41, 5.74) is 18.7. The minimum Gasteiger partial charge on any atom is -0.444 e. The number of benzene rings is 4. The molecule has 0 spiro atoms. The quantitative estimate of drug-likeness (QED) is 0.0975. The molecule has 1 atom stereocenters. The van der Waals surface area contributed by atoms with Crippen LogP contribution in [0.5, 0.6) is 0 Å². The van der Waals surface area contributed by atoms with Gasteiger partial charge in [-0.25, -0.2) is 28.2 Å². The lowest BCUT2D eigenvalue weighted by Gasteiger charge is -2.23. The number of nitrogens with two attached hydrogens (primary N) is 1. The second kappa shape index (κ2) is 19.1. The van der Waals surface area contributed by atoms with E-state index >= 15 is 0 Å². The van der Waals surface area contributed by atoms with Gasteiger partial charge in [0.2, 0.25) is 0 Å². The Kier molecular flexibility index (Phi) is 12.4. The fourth-order valence-electron chi connectivity index (χ4n) is 8.61. The number of amides is 1. The highest BCUT2D eigenvalue weighted by molar-refractivity contribution is 5.97. The van der Waals surface area contributed by atoms with Gasteiger partial charge >= 0.3 is 6.09 Å². The van der Waals surface area contributed by atoms with Gasteiger partial charge in [0.15, 0.2) is 17.9 Å². The van der Waals surface area contributed by atoms with Crippen LogP contribution in [-0.2, 0) is 9.47 Å². The number of carbonyl (C=O) groups excluding carboxylic acids is 1. The number of halogens is 2. The maximum absolute atomic E-state index is 13.5. The van der Waals surface area contributed by atoms with E-state index in [0.717, 1.165) is 97.0 Å². The van der Waals surface area contributed by atoms with Gasteiger partial charge in [-0.1, -0.05) is 12.1 Å². The Balaban J connectivity index is 0.000000175. The number of pyridine rings is 2. The van der Waals surface area contributed by atoms with E-state index in [1.54, 1.807) is 55.2 Å². The Morgan fingerprint density at radius 1 is 0.732 bits per heavy atom. The Labute approximate surface area is 406 Å². The predicted molar refractivity (Wildman–Crippen MR) is 271 cm³/mol. The van der Waals surface area contributed by atoms with Crippen LogP contribution in [0.25, 0.3) is 89.6 Å². The molecule has 7 heterocycles. The van der Waals surface area contributed by atoms with Crippen molar-refractivity contribution in [2.45, 2.75) is 65.7 Å². The molecule has 15 nitrogen and oxygen atoms in total. The highest BCUT2D eigenvalue weighted by Crippen LogP contribution is 2.38. The number of carbonyl (C=O) groups is 1. The minimum atomic E-state index is -0.616. The van der Waals surface area contributed by atoms with Crippen LogP contribution in [0.15, 0.2) is 122 Å². The standard InChI is InChI=1S/C32H33FN6O3.C22H17FN6/c1-19-24(16-34-17-25(19)37-31(40)42-32(2,3)4)21-10-13-27-23(15-21)29(38-39(27)28-7-5-6-14-41-28)30-35-18-26(36-30)20-8-11-22(33)12-9-20;1-12-17(9-25-10-18(12)24)14-4-7-19-16(8-14)21(29-28-19)22-26-11-20(27-22)13-2-5-15(23)6-3-13/h8-13,15-18,28H,5-7,14H2,1-4H3,(H,35,36)(H,37,40);2-11H,24H2,1H3,(H,26,27)(H,28,29). The molecule has 0 bridgehead atoms. The van der Waals surface area contributed by atoms with Crippen molar-refractivity contribution in [2.24, 2.45) is 0 Å². The van der Waals surface area contributed by atoms with Crippen LogP contribution in [0.3, 0.4) is 0 Å². The summed E-state index contributed by atoms with van der Waals surface area (Å²) < 4.78 is 40.2. The lowest BCUT2D eigenvalue weighted by molar-refractivity contribution is -0.0365. The number of imidazole rings is 2. The molecule has 10 aromatic rings. The van der Waals surface area contributed by atoms with Crippen LogP contribution in [0.4, 0.5) is 25.0 Å². The molecule has 1 unspecified atom stereocenters. The molecular formula is C54H50F2N12O3. The Bertz CT molecular complexity index is 3550. The lowest BCUT2D eigenvalue weighted by atomic mass is 9.99. The zero-order valence-electron chi connectivity index (χ0n) is 39.6. The van der Waals surface area contributed by atoms with Crippen molar-refractivity contribution in [1.82, 2.24) is 49.9 Å². The number of H-pyrrole nitrogens is 3. The van der Waals surface area contributed by atoms with Crippen LogP contribution in [-0.4, -0.2) is 68.2 Å². The van der Waals surface area contributed by atoms with E-state index in [1.807, 2.05) is 69.8 Å². The number of aromatic amines is 3. The molecule has 71 heavy (non-hydrogen) atoms. The van der Waals surface area contributed by atoms with Gasteiger partial charge < -0.3 is 25.2 Å². The van der Waals surface area contributed by atoms with E-state index in [4.69, 9.17) is 20.3 Å². The largest absolute Gasteiger partial charge is 0.444 e. The van der Waals surface area contributed by atoms with E-state index in [2.05, 4.69) is 57.6 Å². The molecule has 1 aliphatic heterocycles. The van der Waals surface area contributed by atoms with Crippen LogP contribution in [0.2, 0.25) is 0 Å². The van der Waals surface area contributed by atoms with Gasteiger partial charge in [-0.2, -0.15) is 10.2 Å². The summed E-state index contributed by atoms with van der Waals surface area (Å²) in [5.74, 6) is 0.667. The number of rotatable bonds is 8. The molecule has 17 heteroatoms. The summed E-state index contributed by atoms with van der Waals surface area (Å²) in [4.78, 5) is 36.9. The number of hydrogen-bond donors (Lipinski definition) is 5. The smallest absolute Gasteiger partial charge is 0.412 e. The highest BCUT2D eigenvalue weighted by atomic mass is 19.1. The molecule has 1 saturated heterocycles. The number of ether oxygens (including phenoxy) is 2. The first-order valence-electron chi connectivity index (χ1n) is 23.2. The van der Waals surface area contributed by atoms with Crippen molar-refractivity contribution in [2.75, 3.05) is 17.7 Å². The molecule has 0 radical (unpaired) electrons. The number of nitrogen functional groups attached to an aromatic ring is 1. The normalized spacial score (nSPS) is 13.8. The van der Waals surface area contributed by atoms with Gasteiger partial charge in [0.25, 0.3) is 0 Å². The van der Waals surface area contributed by atoms with E-state index in [9.17, 15) is 13.6 Å². The third-order valence-corrected chi connectivity index (χ3v) is 12.3. The van der Waals surface area contributed by atoms with E-state index < -0.39 is 11.7 Å². The minimum absolute atomic E-state index is 0.169. The average molecular weight is 953 g/mol. The zero-order chi connectivity index (χ0) is 49.4. The lowest BCUT2D eigenvalue weighted by Crippen LogP contribution is -2.27. The molecule has 6 aromatic heterocycles. The second-order valence-electron chi connectivity index (χ2n) is 18.4. The molecule has 1 fully saturated rings. The molecule has 1 aliphatic rings. The molecule has 0 saturated carbocycles. The summed E-state index contributed by atoms with van der Waals surface area (Å²) in [6.07, 6.45) is 12.6. The molecule has 11 rings (SSSR count). The van der Waals surface area contributed by atoms with Gasteiger partial charge in [0, 0.05) is 40.9 Å². The number of hydrogen-bond acceptors (Lipinski definition) is 10. The number of fused-ring (bicyclic) bond motifs is 2. The van der Waals surface area contributed by atoms with Crippen molar-refractivity contribution in [1.29, 1.82) is 0 Å². The number of aromatic nitrogens is 10. The maximum atomic E-state index is 13.5. The third-order valence-electron chi connectivity index (χ3n) is 12.3. The number of nitrogens with zero attached hydrogens (tertiary/aromatic N) is 7. The van der Waals surface area contributed by atoms with Crippen molar-refractivity contribution < 1.29 is 23.0 Å². The molecular weight excluding hydrogens is 903 g/mol. The van der Waals surface area contributed by atoms with Gasteiger partial charge in [-0.15, -0.1) is 0 Å². The first kappa shape index (κ1) is 46.2. The Morgan fingerprint density at radius 2 is 1.32 bits per heavy atom. The van der Waals surface area contributed by atoms with Crippen molar-refractivity contribution in [3.05, 3.63) is 145 Å². The molecule has 6 N–H and O–H groups in total. The van der Waals surface area contributed by atoms with Crippen molar-refractivity contribution >= 4 is 39.3 Å². The number of anilines is 2. The predicted octanol–water partition coefficient (Wildman–Crippen LogP) is 12.4. The second-order valence-corrected chi connectivity index (χ2v) is 18.4. The maximum Gasteiger partial charge on any atom is 0.412 e. The van der Waals surface area contributed by atoms with Gasteiger partial charge in [-0.05, 0) is 160 Å². The summed E-state index contributed by atoms with van der Waals surface area (Å²) in [6, 6.07) is 24.7. The summed E-state index contributed by atoms with van der Waals surface area (Å²) in [6.45, 7) is 10.1. The van der Waals surface area contributed by atoms with E-state index in [0.29, 0.717) is 41.0 Å². The summed E-state index contributed by atoms with van der Waals surface area (Å²) in [7, 11) is 0. The van der Waals surface area contributed by atoms with Crippen LogP contribution >= 0.6 is 0 Å². The van der Waals surface area contributed by atoms with Crippen LogP contribution in [0, 0.1) is 25.5 Å². The SMILES string of the molecule is Cc1c(N)cncc1-c1ccc2[nH]nc(-c3ncc(-c4ccc(F)cc4)[nH]3)c2c1.Cc1c(NC(=O)OC(C)(C)C)cncc1-c1ccc2c(c1)c(-c1ncc(-c3ccc(F)cc3)[nH]1)nn2C1CCCCO1. The first-order chi connectivity index (χ1) is 34.3. The monoisotopic (exact) mass is 952 g/mol. The fraction of sp³-hybridized carbons (Fsp3) is 0.204. The topological polar surface area (TPSA) is 203 Å². The molecule has 1 amide bonds. The first-order valence-corrected chi connectivity index (χ1v) is 23.2. The van der Waals surface area contributed by atoms with Gasteiger partial charge in [0.05, 0.1) is 58.6 Å². The van der Waals surface area contributed by atoms with Crippen molar-refractivity contribution in [3.8, 4) is 67.8 Å². The Hall–Kier alpha value is -8.57. The Morgan fingerprint density at radius 3 is 1.96 bits per heavy atom. The molecule has 4 aromatic carbocycles. The average Bonchev–Trinajstić information content (AvgIpc) is 4.20. The van der Waals surface area contributed by atoms with Gasteiger partial charge in [0.1, 0.15) is 28.6 Å². The molecule has 0 aliphatic carbocycles.